The number of carbonyl (C=O) groups is 3. The van der Waals surface area contributed by atoms with Crippen LogP contribution < -0.4 is 11.1 Å². The van der Waals surface area contributed by atoms with E-state index in [1.807, 2.05) is 66.9 Å². The Morgan fingerprint density at radius 1 is 1.17 bits per heavy atom. The fourth-order valence-corrected chi connectivity index (χ4v) is 7.03. The first kappa shape index (κ1) is 29.4. The highest BCUT2D eigenvalue weighted by Crippen LogP contribution is 2.44. The van der Waals surface area contributed by atoms with Crippen LogP contribution in [0.3, 0.4) is 0 Å². The number of ether oxygens (including phenoxy) is 1. The van der Waals surface area contributed by atoms with Gasteiger partial charge < -0.3 is 20.6 Å². The van der Waals surface area contributed by atoms with Crippen LogP contribution in [-0.2, 0) is 24.0 Å². The van der Waals surface area contributed by atoms with Gasteiger partial charge in [-0.15, -0.1) is 34.9 Å². The molecule has 0 radical (unpaired) electrons. The van der Waals surface area contributed by atoms with Gasteiger partial charge in [-0.05, 0) is 17.4 Å². The van der Waals surface area contributed by atoms with Crippen molar-refractivity contribution in [1.29, 1.82) is 0 Å². The van der Waals surface area contributed by atoms with E-state index in [1.165, 1.54) is 35.5 Å². The van der Waals surface area contributed by atoms with Crippen LogP contribution >= 0.6 is 34.9 Å². The van der Waals surface area contributed by atoms with Gasteiger partial charge in [-0.3, -0.25) is 14.5 Å². The van der Waals surface area contributed by atoms with Crippen molar-refractivity contribution < 1.29 is 24.0 Å². The molecule has 0 spiro atoms. The Kier molecular flexibility index (Phi) is 9.00. The van der Waals surface area contributed by atoms with E-state index >= 15 is 0 Å². The first-order valence-electron chi connectivity index (χ1n) is 12.7. The van der Waals surface area contributed by atoms with Crippen molar-refractivity contribution in [3.63, 3.8) is 0 Å². The molecular weight excluding hydrogens is 595 g/mol. The maximum atomic E-state index is 14.0. The third-order valence-corrected chi connectivity index (χ3v) is 9.32. The highest BCUT2D eigenvalue weighted by Gasteiger charge is 2.55. The van der Waals surface area contributed by atoms with Crippen molar-refractivity contribution in [3.8, 4) is 0 Å². The Labute approximate surface area is 255 Å². The molecule has 0 saturated carbocycles. The van der Waals surface area contributed by atoms with E-state index in [4.69, 9.17) is 15.3 Å². The molecule has 2 aliphatic heterocycles. The average Bonchev–Trinajstić information content (AvgIpc) is 3.46. The molecule has 2 aromatic carbocycles. The van der Waals surface area contributed by atoms with Crippen LogP contribution in [0.5, 0.6) is 0 Å². The van der Waals surface area contributed by atoms with Crippen molar-refractivity contribution in [1.82, 2.24) is 15.2 Å². The standard InChI is InChI=1S/C29H27N5O5S3/c1-16(40-3)19-14-41-27-22(32-25(35)21(33-38-2)20-15-42-29(30)31-20)26(36)34(27)23(19)28(37)39-24(17-10-6-4-7-11-17)18-12-8-5-9-13-18/h4-13,15,22,24,27H,1,14H2,2-3H3,(H2,30,31)(H,32,35)/b33-21-/t22-,27-/m1/s1. The number of thioether (sulfide) groups is 2. The third kappa shape index (κ3) is 5.80. The number of fused-ring (bicyclic) bond motifs is 1. The third-order valence-electron chi connectivity index (χ3n) is 6.62. The zero-order valence-electron chi connectivity index (χ0n) is 22.7. The van der Waals surface area contributed by atoms with Crippen molar-refractivity contribution in [2.24, 2.45) is 5.16 Å². The summed E-state index contributed by atoms with van der Waals surface area (Å²) < 4.78 is 6.14. The minimum atomic E-state index is -0.911. The maximum Gasteiger partial charge on any atom is 0.356 e. The summed E-state index contributed by atoms with van der Waals surface area (Å²) in [7, 11) is 1.30. The molecule has 0 unspecified atom stereocenters. The lowest BCUT2D eigenvalue weighted by molar-refractivity contribution is -0.154. The first-order chi connectivity index (χ1) is 20.3. The molecule has 13 heteroatoms. The first-order valence-corrected chi connectivity index (χ1v) is 15.8. The molecule has 2 atom stereocenters. The molecule has 2 amide bonds. The van der Waals surface area contributed by atoms with Crippen LogP contribution in [0.15, 0.2) is 94.0 Å². The predicted octanol–water partition coefficient (Wildman–Crippen LogP) is 3.94. The lowest BCUT2D eigenvalue weighted by Gasteiger charge is -2.49. The smallest absolute Gasteiger partial charge is 0.356 e. The van der Waals surface area contributed by atoms with E-state index in [9.17, 15) is 14.4 Å². The number of hydrogen-bond acceptors (Lipinski definition) is 11. The van der Waals surface area contributed by atoms with Crippen molar-refractivity contribution in [3.05, 3.63) is 106 Å². The van der Waals surface area contributed by atoms with Crippen LogP contribution in [0.4, 0.5) is 5.13 Å². The van der Waals surface area contributed by atoms with Gasteiger partial charge in [-0.25, -0.2) is 9.78 Å². The number of allylic oxidation sites excluding steroid dienone is 1. The van der Waals surface area contributed by atoms with Gasteiger partial charge in [0.15, 0.2) is 16.9 Å². The second kappa shape index (κ2) is 12.8. The zero-order valence-corrected chi connectivity index (χ0v) is 25.1. The number of esters is 1. The number of anilines is 1. The summed E-state index contributed by atoms with van der Waals surface area (Å²) in [6.45, 7) is 4.11. The summed E-state index contributed by atoms with van der Waals surface area (Å²) in [5.74, 6) is -1.36. The molecule has 5 rings (SSSR count). The fraction of sp³-hybridized carbons (Fsp3) is 0.207. The Balaban J connectivity index is 1.42. The Morgan fingerprint density at radius 3 is 2.36 bits per heavy atom. The number of rotatable bonds is 10. The largest absolute Gasteiger partial charge is 0.448 e. The second-order valence-electron chi connectivity index (χ2n) is 9.12. The SMILES string of the molecule is C=C(SC)C1=C(C(=O)OC(c2ccccc2)c2ccccc2)N2C(=O)[C@@H](NC(=O)/C(=N\OC)c3csc(N)n3)[C@H]2SC1. The number of carbonyl (C=O) groups excluding carboxylic acids is 3. The summed E-state index contributed by atoms with van der Waals surface area (Å²) in [6, 6.07) is 17.9. The number of nitrogens with two attached hydrogens (primary N) is 1. The summed E-state index contributed by atoms with van der Waals surface area (Å²) in [4.78, 5) is 51.7. The molecular formula is C29H27N5O5S3. The maximum absolute atomic E-state index is 14.0. The van der Waals surface area contributed by atoms with Crippen molar-refractivity contribution in [2.75, 3.05) is 24.9 Å². The minimum absolute atomic E-state index is 0.113. The number of thiazole rings is 1. The Morgan fingerprint density at radius 2 is 1.81 bits per heavy atom. The number of aromatic nitrogens is 1. The lowest BCUT2D eigenvalue weighted by Crippen LogP contribution is -2.71. The van der Waals surface area contributed by atoms with E-state index in [1.54, 1.807) is 5.38 Å². The summed E-state index contributed by atoms with van der Waals surface area (Å²) in [5.41, 5.74) is 8.16. The van der Waals surface area contributed by atoms with Crippen molar-refractivity contribution in [2.45, 2.75) is 17.5 Å². The molecule has 1 aromatic heterocycles. The van der Waals surface area contributed by atoms with Crippen LogP contribution in [0, 0.1) is 0 Å². The van der Waals surface area contributed by atoms with E-state index in [-0.39, 0.29) is 22.2 Å². The highest BCUT2D eigenvalue weighted by molar-refractivity contribution is 8.03. The number of nitrogens with zero attached hydrogens (tertiary/aromatic N) is 3. The molecule has 3 heterocycles. The minimum Gasteiger partial charge on any atom is -0.448 e. The van der Waals surface area contributed by atoms with Crippen LogP contribution in [-0.4, -0.2) is 63.9 Å². The topological polar surface area (TPSA) is 136 Å². The average molecular weight is 622 g/mol. The van der Waals surface area contributed by atoms with Gasteiger partial charge in [-0.1, -0.05) is 72.4 Å². The number of oxime groups is 1. The van der Waals surface area contributed by atoms with E-state index in [0.717, 1.165) is 22.5 Å². The van der Waals surface area contributed by atoms with Crippen LogP contribution in [0.2, 0.25) is 0 Å². The molecule has 1 fully saturated rings. The van der Waals surface area contributed by atoms with E-state index < -0.39 is 35.3 Å². The molecule has 3 aromatic rings. The summed E-state index contributed by atoms with van der Waals surface area (Å²) in [6.07, 6.45) is 1.16. The predicted molar refractivity (Wildman–Crippen MR) is 166 cm³/mol. The van der Waals surface area contributed by atoms with Gasteiger partial charge in [0.25, 0.3) is 11.8 Å². The van der Waals surface area contributed by atoms with Crippen molar-refractivity contribution >= 4 is 63.5 Å². The molecule has 0 bridgehead atoms. The Bertz CT molecular complexity index is 1530. The molecule has 1 saturated heterocycles. The van der Waals surface area contributed by atoms with E-state index in [2.05, 4.69) is 22.0 Å². The van der Waals surface area contributed by atoms with Gasteiger partial charge in [-0.2, -0.15) is 0 Å². The van der Waals surface area contributed by atoms with Crippen LogP contribution in [0.1, 0.15) is 22.9 Å². The van der Waals surface area contributed by atoms with Gasteiger partial charge in [0.05, 0.1) is 0 Å². The molecule has 10 nitrogen and oxygen atoms in total. The fourth-order valence-electron chi connectivity index (χ4n) is 4.59. The number of hydrogen-bond donors (Lipinski definition) is 2. The monoisotopic (exact) mass is 621 g/mol. The van der Waals surface area contributed by atoms with Crippen LogP contribution in [0.25, 0.3) is 0 Å². The molecule has 216 valence electrons. The molecule has 42 heavy (non-hydrogen) atoms. The number of nitrogens with one attached hydrogen (secondary N) is 1. The number of amides is 2. The normalized spacial score (nSPS) is 18.3. The molecule has 3 N–H and O–H groups in total. The second-order valence-corrected chi connectivity index (χ2v) is 12.0. The number of nitrogen functional groups attached to an aromatic ring is 1. The highest BCUT2D eigenvalue weighted by atomic mass is 32.2. The van der Waals surface area contributed by atoms with Gasteiger partial charge in [0.2, 0.25) is 0 Å². The summed E-state index contributed by atoms with van der Waals surface area (Å²) >= 11 is 3.96. The van der Waals surface area contributed by atoms with Gasteiger partial charge in [0, 0.05) is 21.6 Å². The number of benzene rings is 2. The Hall–Kier alpha value is -4.07. The van der Waals surface area contributed by atoms with E-state index in [0.29, 0.717) is 16.2 Å². The summed E-state index contributed by atoms with van der Waals surface area (Å²) in [5, 5.41) is 7.81. The number of β-lactam (4-membered cyclic amide) rings is 1. The quantitative estimate of drug-likeness (QED) is 0.149. The lowest BCUT2D eigenvalue weighted by atomic mass is 10.0. The molecule has 2 aliphatic rings. The van der Waals surface area contributed by atoms with Gasteiger partial charge >= 0.3 is 5.97 Å². The van der Waals surface area contributed by atoms with Gasteiger partial charge in [0.1, 0.15) is 29.9 Å². The molecule has 0 aliphatic carbocycles. The zero-order chi connectivity index (χ0) is 29.8.